The molecule has 0 aliphatic heterocycles. The fourth-order valence-corrected chi connectivity index (χ4v) is 1.65. The number of hydrogen-bond donors (Lipinski definition) is 1. The van der Waals surface area contributed by atoms with Crippen LogP contribution in [0.15, 0.2) is 48.5 Å². The van der Waals surface area contributed by atoms with E-state index in [1.165, 1.54) is 6.07 Å². The number of nitrogens with two attached hydrogens (primary N) is 1. The minimum Gasteiger partial charge on any atom is -0.489 e. The Labute approximate surface area is 122 Å². The second-order valence-electron chi connectivity index (χ2n) is 4.51. The first-order valence-corrected chi connectivity index (χ1v) is 6.48. The molecule has 0 aliphatic rings. The molecular formula is C16H16FNO3. The molecule has 2 rings (SSSR count). The molecule has 2 aromatic rings. The molecule has 0 bridgehead atoms. The zero-order valence-electron chi connectivity index (χ0n) is 11.6. The van der Waals surface area contributed by atoms with Gasteiger partial charge < -0.3 is 15.2 Å². The van der Waals surface area contributed by atoms with Gasteiger partial charge in [0.1, 0.15) is 23.9 Å². The summed E-state index contributed by atoms with van der Waals surface area (Å²) < 4.78 is 24.2. The van der Waals surface area contributed by atoms with Crippen LogP contribution in [0, 0.1) is 5.82 Å². The quantitative estimate of drug-likeness (QED) is 0.889. The molecule has 0 heterocycles. The lowest BCUT2D eigenvalue weighted by atomic mass is 10.2. The molecule has 0 aliphatic carbocycles. The van der Waals surface area contributed by atoms with Gasteiger partial charge in [-0.15, -0.1) is 0 Å². The van der Waals surface area contributed by atoms with Gasteiger partial charge in [-0.05, 0) is 37.3 Å². The highest BCUT2D eigenvalue weighted by atomic mass is 19.1. The Balaban J connectivity index is 1.94. The summed E-state index contributed by atoms with van der Waals surface area (Å²) in [6.45, 7) is 1.72. The van der Waals surface area contributed by atoms with Crippen LogP contribution in [-0.2, 0) is 11.4 Å². The van der Waals surface area contributed by atoms with Gasteiger partial charge in [-0.1, -0.05) is 18.2 Å². The molecule has 1 atom stereocenters. The maximum atomic E-state index is 13.4. The largest absolute Gasteiger partial charge is 0.489 e. The van der Waals surface area contributed by atoms with Crippen LogP contribution in [0.2, 0.25) is 0 Å². The molecule has 1 unspecified atom stereocenters. The van der Waals surface area contributed by atoms with Crippen molar-refractivity contribution in [3.8, 4) is 11.5 Å². The van der Waals surface area contributed by atoms with Gasteiger partial charge in [-0.2, -0.15) is 0 Å². The average Bonchev–Trinajstić information content (AvgIpc) is 2.48. The van der Waals surface area contributed by atoms with Gasteiger partial charge in [-0.25, -0.2) is 4.39 Å². The number of halogens is 1. The molecule has 0 aromatic heterocycles. The number of carbonyl (C=O) groups excluding carboxylic acids is 1. The summed E-state index contributed by atoms with van der Waals surface area (Å²) >= 11 is 0. The van der Waals surface area contributed by atoms with E-state index in [1.807, 2.05) is 0 Å². The van der Waals surface area contributed by atoms with Crippen LogP contribution in [0.25, 0.3) is 0 Å². The molecule has 0 radical (unpaired) electrons. The zero-order chi connectivity index (χ0) is 15.2. The van der Waals surface area contributed by atoms with Crippen molar-refractivity contribution in [1.29, 1.82) is 0 Å². The van der Waals surface area contributed by atoms with Gasteiger partial charge in [0.2, 0.25) is 0 Å². The Bertz CT molecular complexity index is 613. The lowest BCUT2D eigenvalue weighted by molar-refractivity contribution is -0.123. The Hall–Kier alpha value is -2.56. The fraction of sp³-hybridized carbons (Fsp3) is 0.188. The van der Waals surface area contributed by atoms with Crippen molar-refractivity contribution in [3.63, 3.8) is 0 Å². The molecule has 2 aromatic carbocycles. The van der Waals surface area contributed by atoms with Crippen LogP contribution in [-0.4, -0.2) is 12.0 Å². The topological polar surface area (TPSA) is 61.6 Å². The van der Waals surface area contributed by atoms with Crippen molar-refractivity contribution < 1.29 is 18.7 Å². The number of amides is 1. The normalized spacial score (nSPS) is 11.7. The average molecular weight is 289 g/mol. The van der Waals surface area contributed by atoms with Crippen LogP contribution < -0.4 is 15.2 Å². The third kappa shape index (κ3) is 4.21. The van der Waals surface area contributed by atoms with Crippen molar-refractivity contribution in [2.75, 3.05) is 0 Å². The number of carbonyl (C=O) groups is 1. The first kappa shape index (κ1) is 14.8. The van der Waals surface area contributed by atoms with Gasteiger partial charge in [0.05, 0.1) is 0 Å². The van der Waals surface area contributed by atoms with Gasteiger partial charge in [0, 0.05) is 5.56 Å². The molecule has 1 amide bonds. The van der Waals surface area contributed by atoms with Crippen LogP contribution in [0.1, 0.15) is 12.5 Å². The van der Waals surface area contributed by atoms with E-state index in [4.69, 9.17) is 15.2 Å². The number of benzene rings is 2. The molecule has 0 fully saturated rings. The summed E-state index contributed by atoms with van der Waals surface area (Å²) in [6, 6.07) is 13.1. The van der Waals surface area contributed by atoms with Gasteiger partial charge in [0.15, 0.2) is 6.10 Å². The molecule has 2 N–H and O–H groups in total. The van der Waals surface area contributed by atoms with Crippen molar-refractivity contribution >= 4 is 5.91 Å². The van der Waals surface area contributed by atoms with Crippen LogP contribution in [0.4, 0.5) is 4.39 Å². The Morgan fingerprint density at radius 1 is 1.14 bits per heavy atom. The van der Waals surface area contributed by atoms with Crippen molar-refractivity contribution in [3.05, 3.63) is 59.9 Å². The molecule has 0 saturated carbocycles. The van der Waals surface area contributed by atoms with Gasteiger partial charge >= 0.3 is 0 Å². The second-order valence-corrected chi connectivity index (χ2v) is 4.51. The van der Waals surface area contributed by atoms with E-state index in [0.717, 1.165) is 0 Å². The lowest BCUT2D eigenvalue weighted by Gasteiger charge is -2.12. The SMILES string of the molecule is CC(Oc1ccc(OCc2ccccc2F)cc1)C(N)=O. The summed E-state index contributed by atoms with van der Waals surface area (Å²) in [4.78, 5) is 10.9. The van der Waals surface area contributed by atoms with E-state index in [2.05, 4.69) is 0 Å². The van der Waals surface area contributed by atoms with Crippen molar-refractivity contribution in [1.82, 2.24) is 0 Å². The predicted molar refractivity (Wildman–Crippen MR) is 76.5 cm³/mol. The smallest absolute Gasteiger partial charge is 0.258 e. The first-order valence-electron chi connectivity index (χ1n) is 6.48. The Morgan fingerprint density at radius 2 is 1.76 bits per heavy atom. The van der Waals surface area contributed by atoms with Crippen LogP contribution >= 0.6 is 0 Å². The fourth-order valence-electron chi connectivity index (χ4n) is 1.65. The molecule has 5 heteroatoms. The highest BCUT2D eigenvalue weighted by Gasteiger charge is 2.10. The van der Waals surface area contributed by atoms with E-state index in [1.54, 1.807) is 49.4 Å². The third-order valence-electron chi connectivity index (χ3n) is 2.89. The van der Waals surface area contributed by atoms with Gasteiger partial charge in [-0.3, -0.25) is 4.79 Å². The van der Waals surface area contributed by atoms with Crippen LogP contribution in [0.5, 0.6) is 11.5 Å². The van der Waals surface area contributed by atoms with E-state index in [-0.39, 0.29) is 12.4 Å². The van der Waals surface area contributed by atoms with E-state index < -0.39 is 12.0 Å². The maximum Gasteiger partial charge on any atom is 0.258 e. The minimum absolute atomic E-state index is 0.143. The minimum atomic E-state index is -0.699. The maximum absolute atomic E-state index is 13.4. The second kappa shape index (κ2) is 6.74. The van der Waals surface area contributed by atoms with Gasteiger partial charge in [0.25, 0.3) is 5.91 Å². The van der Waals surface area contributed by atoms with E-state index >= 15 is 0 Å². The molecular weight excluding hydrogens is 273 g/mol. The lowest BCUT2D eigenvalue weighted by Crippen LogP contribution is -2.30. The highest BCUT2D eigenvalue weighted by Crippen LogP contribution is 2.20. The van der Waals surface area contributed by atoms with Crippen molar-refractivity contribution in [2.24, 2.45) is 5.73 Å². The summed E-state index contributed by atoms with van der Waals surface area (Å²) in [5.74, 6) is 0.263. The van der Waals surface area contributed by atoms with Crippen molar-refractivity contribution in [2.45, 2.75) is 19.6 Å². The molecule has 0 saturated heterocycles. The monoisotopic (exact) mass is 289 g/mol. The number of hydrogen-bond acceptors (Lipinski definition) is 3. The summed E-state index contributed by atoms with van der Waals surface area (Å²) in [6.07, 6.45) is -0.699. The molecule has 110 valence electrons. The number of primary amides is 1. The zero-order valence-corrected chi connectivity index (χ0v) is 11.6. The Morgan fingerprint density at radius 3 is 2.38 bits per heavy atom. The highest BCUT2D eigenvalue weighted by molar-refractivity contribution is 5.78. The molecule has 0 spiro atoms. The molecule has 4 nitrogen and oxygen atoms in total. The number of rotatable bonds is 6. The Kier molecular flexibility index (Phi) is 4.77. The first-order chi connectivity index (χ1) is 10.1. The summed E-state index contributed by atoms with van der Waals surface area (Å²) in [5, 5.41) is 0. The standard InChI is InChI=1S/C16H16FNO3/c1-11(16(18)19)21-14-8-6-13(7-9-14)20-10-12-4-2-3-5-15(12)17/h2-9,11H,10H2,1H3,(H2,18,19). The third-order valence-corrected chi connectivity index (χ3v) is 2.89. The number of ether oxygens (including phenoxy) is 2. The predicted octanol–water partition coefficient (Wildman–Crippen LogP) is 2.66. The summed E-state index contributed by atoms with van der Waals surface area (Å²) in [5.41, 5.74) is 5.60. The van der Waals surface area contributed by atoms with E-state index in [0.29, 0.717) is 17.1 Å². The summed E-state index contributed by atoms with van der Waals surface area (Å²) in [7, 11) is 0. The molecule has 21 heavy (non-hydrogen) atoms. The van der Waals surface area contributed by atoms with E-state index in [9.17, 15) is 9.18 Å². The van der Waals surface area contributed by atoms with Crippen LogP contribution in [0.3, 0.4) is 0 Å².